The van der Waals surface area contributed by atoms with E-state index in [-0.39, 0.29) is 0 Å². The van der Waals surface area contributed by atoms with Gasteiger partial charge in [0.1, 0.15) is 0 Å². The number of anilines is 1. The molecule has 0 aliphatic heterocycles. The van der Waals surface area contributed by atoms with E-state index in [1.807, 2.05) is 12.4 Å². The molecule has 0 spiro atoms. The molecule has 0 aliphatic rings. The third-order valence-electron chi connectivity index (χ3n) is 2.74. The van der Waals surface area contributed by atoms with Crippen molar-refractivity contribution in [3.63, 3.8) is 0 Å². The van der Waals surface area contributed by atoms with Crippen molar-refractivity contribution in [2.75, 3.05) is 5.32 Å². The summed E-state index contributed by atoms with van der Waals surface area (Å²) in [5.41, 5.74) is 2.65. The number of benzene rings is 1. The van der Waals surface area contributed by atoms with Crippen LogP contribution in [0.15, 0.2) is 36.7 Å². The molecular formula is C14H19N3. The maximum absolute atomic E-state index is 4.33. The maximum Gasteiger partial charge on any atom is 0.203 e. The average molecular weight is 229 g/mol. The molecule has 0 bridgehead atoms. The van der Waals surface area contributed by atoms with Crippen LogP contribution in [0.3, 0.4) is 0 Å². The van der Waals surface area contributed by atoms with Crippen LogP contribution in [-0.2, 0) is 6.54 Å². The van der Waals surface area contributed by atoms with Crippen LogP contribution in [0.1, 0.15) is 25.0 Å². The zero-order valence-corrected chi connectivity index (χ0v) is 10.6. The van der Waals surface area contributed by atoms with Gasteiger partial charge in [-0.05, 0) is 31.9 Å². The molecule has 1 N–H and O–H groups in total. The second-order valence-electron chi connectivity index (χ2n) is 4.60. The summed E-state index contributed by atoms with van der Waals surface area (Å²) < 4.78 is 2.14. The Kier molecular flexibility index (Phi) is 3.47. The molecule has 3 nitrogen and oxygen atoms in total. The number of aromatic nitrogens is 2. The molecule has 0 saturated heterocycles. The van der Waals surface area contributed by atoms with Gasteiger partial charge in [0.15, 0.2) is 0 Å². The second-order valence-corrected chi connectivity index (χ2v) is 4.60. The van der Waals surface area contributed by atoms with Crippen LogP contribution in [0.25, 0.3) is 0 Å². The van der Waals surface area contributed by atoms with Crippen molar-refractivity contribution >= 4 is 5.95 Å². The summed E-state index contributed by atoms with van der Waals surface area (Å²) in [6.07, 6.45) is 3.85. The lowest BCUT2D eigenvalue weighted by atomic mass is 10.1. The molecule has 1 heterocycles. The average Bonchev–Trinajstić information content (AvgIpc) is 2.68. The fourth-order valence-corrected chi connectivity index (χ4v) is 1.81. The highest BCUT2D eigenvalue weighted by atomic mass is 15.2. The summed E-state index contributed by atoms with van der Waals surface area (Å²) in [7, 11) is 0. The lowest BCUT2D eigenvalue weighted by Crippen LogP contribution is -2.15. The van der Waals surface area contributed by atoms with Crippen molar-refractivity contribution in [2.24, 2.45) is 0 Å². The molecule has 0 saturated carbocycles. The van der Waals surface area contributed by atoms with E-state index < -0.39 is 0 Å². The maximum atomic E-state index is 4.33. The summed E-state index contributed by atoms with van der Waals surface area (Å²) >= 11 is 0. The van der Waals surface area contributed by atoms with Crippen molar-refractivity contribution in [3.8, 4) is 0 Å². The molecule has 17 heavy (non-hydrogen) atoms. The topological polar surface area (TPSA) is 29.9 Å². The normalized spacial score (nSPS) is 10.8. The van der Waals surface area contributed by atoms with E-state index in [1.165, 1.54) is 11.1 Å². The number of aryl methyl sites for hydroxylation is 1. The minimum absolute atomic E-state index is 0.396. The predicted molar refractivity (Wildman–Crippen MR) is 71.3 cm³/mol. The monoisotopic (exact) mass is 229 g/mol. The minimum Gasteiger partial charge on any atom is -0.353 e. The van der Waals surface area contributed by atoms with E-state index in [0.717, 1.165) is 12.5 Å². The van der Waals surface area contributed by atoms with Gasteiger partial charge in [0.2, 0.25) is 5.95 Å². The fraction of sp³-hybridized carbons (Fsp3) is 0.357. The Hall–Kier alpha value is -1.77. The predicted octanol–water partition coefficient (Wildman–Crippen LogP) is 3.06. The van der Waals surface area contributed by atoms with Crippen LogP contribution in [0.5, 0.6) is 0 Å². The largest absolute Gasteiger partial charge is 0.353 e. The smallest absolute Gasteiger partial charge is 0.203 e. The molecule has 2 rings (SSSR count). The number of nitrogens with zero attached hydrogens (tertiary/aromatic N) is 2. The van der Waals surface area contributed by atoms with Crippen LogP contribution in [0.2, 0.25) is 0 Å². The van der Waals surface area contributed by atoms with Gasteiger partial charge in [0, 0.05) is 18.4 Å². The molecular weight excluding hydrogens is 210 g/mol. The van der Waals surface area contributed by atoms with Gasteiger partial charge in [-0.15, -0.1) is 0 Å². The lowest BCUT2D eigenvalue weighted by Gasteiger charge is -2.13. The Morgan fingerprint density at radius 3 is 2.76 bits per heavy atom. The summed E-state index contributed by atoms with van der Waals surface area (Å²) in [6, 6.07) is 8.85. The van der Waals surface area contributed by atoms with E-state index in [0.29, 0.717) is 6.04 Å². The number of hydrogen-bond acceptors (Lipinski definition) is 2. The Bertz CT molecular complexity index is 486. The molecule has 0 atom stereocenters. The standard InChI is InChI=1S/C14H19N3/c1-11(2)16-14-15-8-9-17(14)10-13-7-5-4-6-12(13)3/h4-9,11H,10H2,1-3H3,(H,15,16). The third kappa shape index (κ3) is 2.87. The molecule has 0 aliphatic carbocycles. The molecule has 0 fully saturated rings. The van der Waals surface area contributed by atoms with E-state index in [9.17, 15) is 0 Å². The van der Waals surface area contributed by atoms with Gasteiger partial charge in [-0.1, -0.05) is 24.3 Å². The number of imidazole rings is 1. The Morgan fingerprint density at radius 1 is 1.29 bits per heavy atom. The highest BCUT2D eigenvalue weighted by Gasteiger charge is 2.05. The van der Waals surface area contributed by atoms with Gasteiger partial charge >= 0.3 is 0 Å². The lowest BCUT2D eigenvalue weighted by molar-refractivity contribution is 0.770. The Balaban J connectivity index is 2.19. The summed E-state index contributed by atoms with van der Waals surface area (Å²) in [5, 5.41) is 3.34. The molecule has 3 heteroatoms. The van der Waals surface area contributed by atoms with Gasteiger partial charge in [-0.25, -0.2) is 4.98 Å². The molecule has 0 amide bonds. The van der Waals surface area contributed by atoms with E-state index in [2.05, 4.69) is 59.9 Å². The van der Waals surface area contributed by atoms with Gasteiger partial charge in [-0.3, -0.25) is 0 Å². The van der Waals surface area contributed by atoms with Gasteiger partial charge in [0.25, 0.3) is 0 Å². The Morgan fingerprint density at radius 2 is 2.06 bits per heavy atom. The summed E-state index contributed by atoms with van der Waals surface area (Å²) in [4.78, 5) is 4.33. The molecule has 2 aromatic rings. The van der Waals surface area contributed by atoms with Crippen molar-refractivity contribution in [3.05, 3.63) is 47.8 Å². The highest BCUT2D eigenvalue weighted by molar-refractivity contribution is 5.31. The first-order valence-corrected chi connectivity index (χ1v) is 5.99. The van der Waals surface area contributed by atoms with Crippen LogP contribution in [0, 0.1) is 6.92 Å². The summed E-state index contributed by atoms with van der Waals surface area (Å²) in [6.45, 7) is 7.24. The van der Waals surface area contributed by atoms with Crippen molar-refractivity contribution in [2.45, 2.75) is 33.4 Å². The minimum atomic E-state index is 0.396. The van der Waals surface area contributed by atoms with E-state index in [1.54, 1.807) is 0 Å². The second kappa shape index (κ2) is 5.04. The first-order chi connectivity index (χ1) is 8.16. The fourth-order valence-electron chi connectivity index (χ4n) is 1.81. The highest BCUT2D eigenvalue weighted by Crippen LogP contribution is 2.13. The van der Waals surface area contributed by atoms with Crippen LogP contribution >= 0.6 is 0 Å². The van der Waals surface area contributed by atoms with Crippen molar-refractivity contribution < 1.29 is 0 Å². The zero-order valence-electron chi connectivity index (χ0n) is 10.6. The molecule has 90 valence electrons. The van der Waals surface area contributed by atoms with Crippen LogP contribution < -0.4 is 5.32 Å². The number of hydrogen-bond donors (Lipinski definition) is 1. The number of nitrogens with one attached hydrogen (secondary N) is 1. The van der Waals surface area contributed by atoms with Gasteiger partial charge in [-0.2, -0.15) is 0 Å². The van der Waals surface area contributed by atoms with E-state index >= 15 is 0 Å². The van der Waals surface area contributed by atoms with Gasteiger partial charge in [0.05, 0.1) is 6.54 Å². The molecule has 1 aromatic carbocycles. The van der Waals surface area contributed by atoms with Crippen molar-refractivity contribution in [1.29, 1.82) is 0 Å². The third-order valence-corrected chi connectivity index (χ3v) is 2.74. The first-order valence-electron chi connectivity index (χ1n) is 5.99. The Labute approximate surface area is 103 Å². The zero-order chi connectivity index (χ0) is 12.3. The molecule has 0 radical (unpaired) electrons. The van der Waals surface area contributed by atoms with Crippen molar-refractivity contribution in [1.82, 2.24) is 9.55 Å². The van der Waals surface area contributed by atoms with Crippen LogP contribution in [0.4, 0.5) is 5.95 Å². The molecule has 0 unspecified atom stereocenters. The van der Waals surface area contributed by atoms with Gasteiger partial charge < -0.3 is 9.88 Å². The number of rotatable bonds is 4. The first kappa shape index (κ1) is 11.7. The quantitative estimate of drug-likeness (QED) is 0.873. The van der Waals surface area contributed by atoms with Crippen LogP contribution in [-0.4, -0.2) is 15.6 Å². The van der Waals surface area contributed by atoms with E-state index in [4.69, 9.17) is 0 Å². The molecule has 1 aromatic heterocycles. The SMILES string of the molecule is Cc1ccccc1Cn1ccnc1NC(C)C. The summed E-state index contributed by atoms with van der Waals surface area (Å²) in [5.74, 6) is 0.934.